The predicted molar refractivity (Wildman–Crippen MR) is 110 cm³/mol. The van der Waals surface area contributed by atoms with E-state index >= 15 is 0 Å². The summed E-state index contributed by atoms with van der Waals surface area (Å²) in [4.78, 5) is 38.0. The monoisotopic (exact) mass is 398 g/mol. The Morgan fingerprint density at radius 3 is 2.52 bits per heavy atom. The van der Waals surface area contributed by atoms with E-state index in [1.54, 1.807) is 38.3 Å². The number of amides is 2. The summed E-state index contributed by atoms with van der Waals surface area (Å²) >= 11 is 0. The number of nitrogens with one attached hydrogen (secondary N) is 1. The van der Waals surface area contributed by atoms with E-state index in [4.69, 9.17) is 9.47 Å². The van der Waals surface area contributed by atoms with Crippen molar-refractivity contribution in [2.24, 2.45) is 0 Å². The van der Waals surface area contributed by atoms with Gasteiger partial charge in [-0.15, -0.1) is 0 Å². The lowest BCUT2D eigenvalue weighted by molar-refractivity contribution is -0.123. The fourth-order valence-electron chi connectivity index (χ4n) is 2.83. The van der Waals surface area contributed by atoms with Crippen molar-refractivity contribution in [3.8, 4) is 5.75 Å². The number of methoxy groups -OCH3 is 1. The number of hydrogen-bond acceptors (Lipinski definition) is 5. The second-order valence-electron chi connectivity index (χ2n) is 6.29. The molecular weight excluding hydrogens is 372 g/mol. The smallest absolute Gasteiger partial charge is 0.340 e. The van der Waals surface area contributed by atoms with Gasteiger partial charge in [0.05, 0.1) is 25.0 Å². The highest BCUT2D eigenvalue weighted by Crippen LogP contribution is 2.21. The molecule has 0 aliphatic heterocycles. The van der Waals surface area contributed by atoms with Crippen LogP contribution in [0.4, 0.5) is 5.69 Å². The van der Waals surface area contributed by atoms with Crippen molar-refractivity contribution in [3.05, 3.63) is 59.7 Å². The molecule has 0 saturated carbocycles. The summed E-state index contributed by atoms with van der Waals surface area (Å²) in [5.41, 5.74) is 1.62. The first-order valence-electron chi connectivity index (χ1n) is 9.40. The van der Waals surface area contributed by atoms with Crippen LogP contribution < -0.4 is 15.0 Å². The Hall–Kier alpha value is -3.35. The van der Waals surface area contributed by atoms with Crippen LogP contribution in [0.5, 0.6) is 5.75 Å². The van der Waals surface area contributed by atoms with Crippen LogP contribution in [0.25, 0.3) is 0 Å². The summed E-state index contributed by atoms with van der Waals surface area (Å²) in [7, 11) is 1.60. The van der Waals surface area contributed by atoms with E-state index in [2.05, 4.69) is 5.32 Å². The van der Waals surface area contributed by atoms with Crippen LogP contribution in [0.3, 0.4) is 0 Å². The molecule has 2 aromatic carbocycles. The molecule has 0 aliphatic rings. The SMILES string of the molecule is CCOC(=O)c1ccccc1N(CC(=O)NCCc1cccc(OC)c1)C(C)=O. The fraction of sp³-hybridized carbons (Fsp3) is 0.318. The fourth-order valence-corrected chi connectivity index (χ4v) is 2.83. The van der Waals surface area contributed by atoms with Gasteiger partial charge < -0.3 is 19.7 Å². The highest BCUT2D eigenvalue weighted by molar-refractivity contribution is 6.04. The lowest BCUT2D eigenvalue weighted by Crippen LogP contribution is -2.41. The third kappa shape index (κ3) is 6.34. The van der Waals surface area contributed by atoms with E-state index in [0.717, 1.165) is 11.3 Å². The molecule has 2 rings (SSSR count). The molecule has 0 saturated heterocycles. The van der Waals surface area contributed by atoms with Crippen molar-refractivity contribution < 1.29 is 23.9 Å². The first-order valence-corrected chi connectivity index (χ1v) is 9.40. The average Bonchev–Trinajstić information content (AvgIpc) is 2.72. The number of carbonyl (C=O) groups excluding carboxylic acids is 3. The van der Waals surface area contributed by atoms with Gasteiger partial charge in [0, 0.05) is 13.5 Å². The lowest BCUT2D eigenvalue weighted by atomic mass is 10.1. The number of hydrogen-bond donors (Lipinski definition) is 1. The van der Waals surface area contributed by atoms with Crippen LogP contribution in [0.2, 0.25) is 0 Å². The molecule has 0 aliphatic carbocycles. The Labute approximate surface area is 170 Å². The van der Waals surface area contributed by atoms with Crippen molar-refractivity contribution in [1.82, 2.24) is 5.32 Å². The van der Waals surface area contributed by atoms with E-state index in [-0.39, 0.29) is 30.5 Å². The maximum Gasteiger partial charge on any atom is 0.340 e. The summed E-state index contributed by atoms with van der Waals surface area (Å²) in [6.07, 6.45) is 0.627. The predicted octanol–water partition coefficient (Wildman–Crippen LogP) is 2.58. The van der Waals surface area contributed by atoms with E-state index in [1.807, 2.05) is 24.3 Å². The molecule has 1 N–H and O–H groups in total. The Balaban J connectivity index is 2.02. The van der Waals surface area contributed by atoms with Gasteiger partial charge >= 0.3 is 5.97 Å². The molecule has 154 valence electrons. The molecule has 29 heavy (non-hydrogen) atoms. The molecule has 0 fully saturated rings. The maximum absolute atomic E-state index is 12.4. The third-order valence-corrected chi connectivity index (χ3v) is 4.24. The van der Waals surface area contributed by atoms with Crippen LogP contribution in [-0.4, -0.2) is 44.6 Å². The van der Waals surface area contributed by atoms with Crippen LogP contribution >= 0.6 is 0 Å². The van der Waals surface area contributed by atoms with Crippen LogP contribution in [0, 0.1) is 0 Å². The molecule has 0 radical (unpaired) electrons. The summed E-state index contributed by atoms with van der Waals surface area (Å²) in [5, 5.41) is 2.81. The Morgan fingerprint density at radius 2 is 1.83 bits per heavy atom. The minimum absolute atomic E-state index is 0.191. The van der Waals surface area contributed by atoms with Gasteiger partial charge in [0.2, 0.25) is 11.8 Å². The van der Waals surface area contributed by atoms with Crippen LogP contribution in [0.1, 0.15) is 29.8 Å². The van der Waals surface area contributed by atoms with Crippen LogP contribution in [0.15, 0.2) is 48.5 Å². The van der Waals surface area contributed by atoms with Crippen molar-refractivity contribution in [3.63, 3.8) is 0 Å². The highest BCUT2D eigenvalue weighted by Gasteiger charge is 2.22. The van der Waals surface area contributed by atoms with Gasteiger partial charge in [-0.3, -0.25) is 9.59 Å². The number of esters is 1. The van der Waals surface area contributed by atoms with Crippen LogP contribution in [-0.2, 0) is 20.7 Å². The number of para-hydroxylation sites is 1. The maximum atomic E-state index is 12.4. The number of carbonyl (C=O) groups is 3. The molecule has 2 amide bonds. The minimum atomic E-state index is -0.534. The second-order valence-corrected chi connectivity index (χ2v) is 6.29. The molecule has 0 spiro atoms. The van der Waals surface area contributed by atoms with Gasteiger partial charge in [-0.25, -0.2) is 4.79 Å². The zero-order valence-corrected chi connectivity index (χ0v) is 16.9. The van der Waals surface area contributed by atoms with E-state index in [9.17, 15) is 14.4 Å². The number of ether oxygens (including phenoxy) is 2. The Bertz CT molecular complexity index is 866. The van der Waals surface area contributed by atoms with Gasteiger partial charge in [-0.1, -0.05) is 24.3 Å². The number of nitrogens with zero attached hydrogens (tertiary/aromatic N) is 1. The molecule has 0 unspecified atom stereocenters. The average molecular weight is 398 g/mol. The van der Waals surface area contributed by atoms with Gasteiger partial charge in [-0.2, -0.15) is 0 Å². The van der Waals surface area contributed by atoms with Gasteiger partial charge in [0.15, 0.2) is 0 Å². The highest BCUT2D eigenvalue weighted by atomic mass is 16.5. The summed E-state index contributed by atoms with van der Waals surface area (Å²) in [6, 6.07) is 14.2. The quantitative estimate of drug-likeness (QED) is 0.657. The minimum Gasteiger partial charge on any atom is -0.497 e. The lowest BCUT2D eigenvalue weighted by Gasteiger charge is -2.23. The molecule has 0 bridgehead atoms. The molecule has 7 heteroatoms. The largest absolute Gasteiger partial charge is 0.497 e. The molecule has 2 aromatic rings. The topological polar surface area (TPSA) is 84.9 Å². The third-order valence-electron chi connectivity index (χ3n) is 4.24. The van der Waals surface area contributed by atoms with Crippen molar-refractivity contribution in [1.29, 1.82) is 0 Å². The number of rotatable bonds is 9. The van der Waals surface area contributed by atoms with Gasteiger partial charge in [-0.05, 0) is 43.2 Å². The molecular formula is C22H26N2O5. The van der Waals surface area contributed by atoms with Crippen molar-refractivity contribution >= 4 is 23.5 Å². The molecule has 0 heterocycles. The Kier molecular flexibility index (Phi) is 8.21. The number of anilines is 1. The molecule has 7 nitrogen and oxygen atoms in total. The first-order chi connectivity index (χ1) is 14.0. The normalized spacial score (nSPS) is 10.2. The van der Waals surface area contributed by atoms with Crippen molar-refractivity contribution in [2.45, 2.75) is 20.3 Å². The molecule has 0 aromatic heterocycles. The zero-order valence-electron chi connectivity index (χ0n) is 16.9. The van der Waals surface area contributed by atoms with Crippen molar-refractivity contribution in [2.75, 3.05) is 31.7 Å². The van der Waals surface area contributed by atoms with E-state index < -0.39 is 5.97 Å². The standard InChI is InChI=1S/C22H26N2O5/c1-4-29-22(27)19-10-5-6-11-20(19)24(16(2)25)15-21(26)23-13-12-17-8-7-9-18(14-17)28-3/h5-11,14H,4,12-13,15H2,1-3H3,(H,23,26). The van der Waals surface area contributed by atoms with Gasteiger partial charge in [0.25, 0.3) is 0 Å². The molecule has 0 atom stereocenters. The number of benzene rings is 2. The Morgan fingerprint density at radius 1 is 1.07 bits per heavy atom. The van der Waals surface area contributed by atoms with E-state index in [0.29, 0.717) is 18.7 Å². The van der Waals surface area contributed by atoms with Gasteiger partial charge in [0.1, 0.15) is 12.3 Å². The summed E-state index contributed by atoms with van der Waals surface area (Å²) < 4.78 is 10.2. The summed E-state index contributed by atoms with van der Waals surface area (Å²) in [5.74, 6) is -0.439. The van der Waals surface area contributed by atoms with E-state index in [1.165, 1.54) is 11.8 Å². The summed E-state index contributed by atoms with van der Waals surface area (Å²) in [6.45, 7) is 3.50. The first kappa shape index (κ1) is 21.9. The second kappa shape index (κ2) is 10.8. The zero-order chi connectivity index (χ0) is 21.2.